The highest BCUT2D eigenvalue weighted by atomic mass is 32.2. The molecule has 0 aliphatic carbocycles. The number of hydrogen-bond donors (Lipinski definition) is 1. The maximum Gasteiger partial charge on any atom is 0.227 e. The normalized spacial score (nSPS) is 16.1. The quantitative estimate of drug-likeness (QED) is 0.691. The van der Waals surface area contributed by atoms with Gasteiger partial charge >= 0.3 is 0 Å². The first-order chi connectivity index (χ1) is 12.8. The molecule has 0 bridgehead atoms. The van der Waals surface area contributed by atoms with Crippen LogP contribution in [0.2, 0.25) is 0 Å². The second-order valence-electron chi connectivity index (χ2n) is 6.78. The maximum absolute atomic E-state index is 12.6. The Bertz CT molecular complexity index is 728. The van der Waals surface area contributed by atoms with Crippen LogP contribution in [0.5, 0.6) is 11.5 Å². The smallest absolute Gasteiger partial charge is 0.227 e. The van der Waals surface area contributed by atoms with Gasteiger partial charge in [-0.3, -0.25) is 4.79 Å². The van der Waals surface area contributed by atoms with Gasteiger partial charge in [0.15, 0.2) is 11.5 Å². The van der Waals surface area contributed by atoms with Crippen molar-refractivity contribution < 1.29 is 22.7 Å². The molecule has 1 aliphatic heterocycles. The molecule has 0 spiro atoms. The van der Waals surface area contributed by atoms with E-state index in [4.69, 9.17) is 9.47 Å². The minimum Gasteiger partial charge on any atom is -0.490 e. The van der Waals surface area contributed by atoms with E-state index in [0.717, 1.165) is 12.8 Å². The molecule has 1 aromatic carbocycles. The lowest BCUT2D eigenvalue weighted by Crippen LogP contribution is -2.40. The molecule has 0 aromatic heterocycles. The third kappa shape index (κ3) is 6.39. The van der Waals surface area contributed by atoms with Gasteiger partial charge in [0.2, 0.25) is 15.9 Å². The number of nitrogens with one attached hydrogen (secondary N) is 1. The van der Waals surface area contributed by atoms with Crippen LogP contribution in [0.4, 0.5) is 5.69 Å². The van der Waals surface area contributed by atoms with Crippen molar-refractivity contribution in [2.45, 2.75) is 39.5 Å². The Morgan fingerprint density at radius 3 is 2.26 bits per heavy atom. The van der Waals surface area contributed by atoms with Crippen LogP contribution in [0.15, 0.2) is 18.2 Å². The van der Waals surface area contributed by atoms with E-state index in [1.54, 1.807) is 12.1 Å². The molecule has 152 valence electrons. The van der Waals surface area contributed by atoms with E-state index in [-0.39, 0.29) is 11.8 Å². The molecule has 7 nitrogen and oxygen atoms in total. The van der Waals surface area contributed by atoms with Crippen LogP contribution < -0.4 is 14.8 Å². The van der Waals surface area contributed by atoms with Crippen molar-refractivity contribution in [3.05, 3.63) is 18.2 Å². The lowest BCUT2D eigenvalue weighted by molar-refractivity contribution is -0.120. The van der Waals surface area contributed by atoms with Crippen LogP contribution in [0, 0.1) is 5.92 Å². The molecule has 1 fully saturated rings. The third-order valence-corrected chi connectivity index (χ3v) is 5.73. The van der Waals surface area contributed by atoms with E-state index >= 15 is 0 Å². The molecular formula is C19H30N2O5S. The van der Waals surface area contributed by atoms with Crippen LogP contribution in [0.1, 0.15) is 39.5 Å². The van der Waals surface area contributed by atoms with Gasteiger partial charge in [-0.1, -0.05) is 13.8 Å². The van der Waals surface area contributed by atoms with Crippen molar-refractivity contribution in [2.24, 2.45) is 5.92 Å². The zero-order valence-corrected chi connectivity index (χ0v) is 17.2. The first kappa shape index (κ1) is 21.5. The number of carbonyl (C=O) groups excluding carboxylic acids is 1. The second kappa shape index (κ2) is 9.94. The number of hydrogen-bond acceptors (Lipinski definition) is 5. The number of rotatable bonds is 9. The van der Waals surface area contributed by atoms with Crippen LogP contribution in [-0.4, -0.2) is 51.2 Å². The van der Waals surface area contributed by atoms with Crippen LogP contribution >= 0.6 is 0 Å². The Morgan fingerprint density at radius 1 is 1.11 bits per heavy atom. The van der Waals surface area contributed by atoms with Gasteiger partial charge in [0.05, 0.1) is 19.5 Å². The van der Waals surface area contributed by atoms with Crippen LogP contribution in [0.25, 0.3) is 0 Å². The van der Waals surface area contributed by atoms with Gasteiger partial charge in [0.25, 0.3) is 0 Å². The van der Waals surface area contributed by atoms with Gasteiger partial charge in [-0.05, 0) is 37.8 Å². The summed E-state index contributed by atoms with van der Waals surface area (Å²) in [7, 11) is -3.19. The molecule has 0 unspecified atom stereocenters. The summed E-state index contributed by atoms with van der Waals surface area (Å²) >= 11 is 0. The zero-order chi connectivity index (χ0) is 19.9. The average molecular weight is 399 g/mol. The number of nitrogens with zero attached hydrogens (tertiary/aromatic N) is 1. The summed E-state index contributed by atoms with van der Waals surface area (Å²) in [4.78, 5) is 12.6. The molecule has 0 atom stereocenters. The van der Waals surface area contributed by atoms with E-state index in [1.165, 1.54) is 10.6 Å². The molecule has 1 saturated heterocycles. The van der Waals surface area contributed by atoms with E-state index in [9.17, 15) is 13.2 Å². The van der Waals surface area contributed by atoms with Gasteiger partial charge in [0.1, 0.15) is 0 Å². The molecular weight excluding hydrogens is 368 g/mol. The number of piperidine rings is 1. The van der Waals surface area contributed by atoms with Crippen molar-refractivity contribution in [1.82, 2.24) is 4.31 Å². The molecule has 27 heavy (non-hydrogen) atoms. The van der Waals surface area contributed by atoms with Gasteiger partial charge in [-0.25, -0.2) is 12.7 Å². The van der Waals surface area contributed by atoms with Crippen LogP contribution in [-0.2, 0) is 14.8 Å². The molecule has 2 rings (SSSR count). The number of amides is 1. The number of carbonyl (C=O) groups is 1. The summed E-state index contributed by atoms with van der Waals surface area (Å²) < 4.78 is 36.0. The summed E-state index contributed by atoms with van der Waals surface area (Å²) in [6.45, 7) is 6.01. The molecule has 1 amide bonds. The van der Waals surface area contributed by atoms with Crippen molar-refractivity contribution in [2.75, 3.05) is 37.9 Å². The lowest BCUT2D eigenvalue weighted by Gasteiger charge is -2.29. The summed E-state index contributed by atoms with van der Waals surface area (Å²) in [6.07, 6.45) is 4.03. The van der Waals surface area contributed by atoms with Crippen molar-refractivity contribution >= 4 is 21.6 Å². The standard InChI is InChI=1S/C19H30N2O5S/c1-4-12-25-17-7-6-16(14-18(17)26-13-5-2)20-19(22)15-8-10-21(11-9-15)27(3,23)24/h6-7,14-15H,4-5,8-13H2,1-3H3,(H,20,22). The Morgan fingerprint density at radius 2 is 1.70 bits per heavy atom. The maximum atomic E-state index is 12.6. The van der Waals surface area contributed by atoms with Gasteiger partial charge < -0.3 is 14.8 Å². The fourth-order valence-electron chi connectivity index (χ4n) is 2.94. The van der Waals surface area contributed by atoms with Crippen LogP contribution in [0.3, 0.4) is 0 Å². The first-order valence-electron chi connectivity index (χ1n) is 9.50. The fourth-order valence-corrected chi connectivity index (χ4v) is 3.81. The fraction of sp³-hybridized carbons (Fsp3) is 0.632. The molecule has 8 heteroatoms. The molecule has 1 heterocycles. The minimum absolute atomic E-state index is 0.0909. The highest BCUT2D eigenvalue weighted by molar-refractivity contribution is 7.88. The van der Waals surface area contributed by atoms with Gasteiger partial charge in [-0.15, -0.1) is 0 Å². The molecule has 1 aromatic rings. The Labute approximate surface area is 162 Å². The van der Waals surface area contributed by atoms with Crippen molar-refractivity contribution in [1.29, 1.82) is 0 Å². The van der Waals surface area contributed by atoms with E-state index in [0.29, 0.717) is 56.3 Å². The Kier molecular flexibility index (Phi) is 7.91. The lowest BCUT2D eigenvalue weighted by atomic mass is 9.97. The number of sulfonamides is 1. The topological polar surface area (TPSA) is 84.9 Å². The molecule has 0 radical (unpaired) electrons. The van der Waals surface area contributed by atoms with Gasteiger partial charge in [-0.2, -0.15) is 0 Å². The summed E-state index contributed by atoms with van der Waals surface area (Å²) in [5, 5.41) is 2.92. The monoisotopic (exact) mass is 398 g/mol. The minimum atomic E-state index is -3.19. The molecule has 0 saturated carbocycles. The van der Waals surface area contributed by atoms with E-state index < -0.39 is 10.0 Å². The van der Waals surface area contributed by atoms with E-state index in [1.807, 2.05) is 19.9 Å². The summed E-state index contributed by atoms with van der Waals surface area (Å²) in [5.41, 5.74) is 0.653. The highest BCUT2D eigenvalue weighted by Crippen LogP contribution is 2.31. The zero-order valence-electron chi connectivity index (χ0n) is 16.4. The third-order valence-electron chi connectivity index (χ3n) is 4.43. The van der Waals surface area contributed by atoms with Gasteiger partial charge in [0, 0.05) is 30.8 Å². The summed E-state index contributed by atoms with van der Waals surface area (Å²) in [5.74, 6) is 1.01. The number of ether oxygens (including phenoxy) is 2. The predicted molar refractivity (Wildman–Crippen MR) is 106 cm³/mol. The molecule has 1 N–H and O–H groups in total. The van der Waals surface area contributed by atoms with E-state index in [2.05, 4.69) is 5.32 Å². The largest absolute Gasteiger partial charge is 0.490 e. The van der Waals surface area contributed by atoms with Crippen molar-refractivity contribution in [3.63, 3.8) is 0 Å². The van der Waals surface area contributed by atoms with Crippen molar-refractivity contribution in [3.8, 4) is 11.5 Å². The SMILES string of the molecule is CCCOc1ccc(NC(=O)C2CCN(S(C)(=O)=O)CC2)cc1OCCC. The highest BCUT2D eigenvalue weighted by Gasteiger charge is 2.29. The molecule has 1 aliphatic rings. The Balaban J connectivity index is 2.00. The number of benzene rings is 1. The second-order valence-corrected chi connectivity index (χ2v) is 8.77. The Hall–Kier alpha value is -1.80. The average Bonchev–Trinajstić information content (AvgIpc) is 2.65. The number of anilines is 1. The first-order valence-corrected chi connectivity index (χ1v) is 11.4. The predicted octanol–water partition coefficient (Wildman–Crippen LogP) is 2.87. The summed E-state index contributed by atoms with van der Waals surface area (Å²) in [6, 6.07) is 5.39.